The van der Waals surface area contributed by atoms with Crippen LogP contribution < -0.4 is 56.1 Å². The van der Waals surface area contributed by atoms with E-state index in [2.05, 4.69) is 25.9 Å². The van der Waals surface area contributed by atoms with Gasteiger partial charge in [-0.2, -0.15) is 0 Å². The molecular weight excluding hydrogens is 532 g/mol. The van der Waals surface area contributed by atoms with Crippen LogP contribution in [0.25, 0.3) is 0 Å². The molecule has 0 aromatic heterocycles. The third kappa shape index (κ3) is 16.2. The third-order valence-corrected chi connectivity index (χ3v) is 5.21. The van der Waals surface area contributed by atoms with E-state index >= 15 is 0 Å². The van der Waals surface area contributed by atoms with Gasteiger partial charge in [-0.15, -0.1) is 0 Å². The van der Waals surface area contributed by atoms with E-state index in [0.717, 1.165) is 0 Å². The molecule has 0 heterocycles. The standard InChI is InChI=1S/C21H40N12O7/c22-10(3-1-7-29-20(25)26)16(36)33-13(9-15(24)35)18(38)31-11(5-6-14(23)34)17(37)32-12(19(39)40)4-2-8-30-21(27)28/h10-13H,1-9,22H2,(H2,23,34)(H2,24,35)(H,31,38)(H,32,37)(H,33,36)(H,39,40)(H4,25,26,29)(H4,27,28,30). The van der Waals surface area contributed by atoms with Gasteiger partial charge in [0.15, 0.2) is 11.9 Å². The van der Waals surface area contributed by atoms with Gasteiger partial charge in [0.1, 0.15) is 18.1 Å². The Kier molecular flexibility index (Phi) is 16.4. The molecule has 0 aliphatic rings. The Morgan fingerprint density at radius 1 is 0.625 bits per heavy atom. The lowest BCUT2D eigenvalue weighted by atomic mass is 10.1. The number of nitrogens with zero attached hydrogens (tertiary/aromatic N) is 2. The summed E-state index contributed by atoms with van der Waals surface area (Å²) < 4.78 is 0. The van der Waals surface area contributed by atoms with Crippen LogP contribution in [0.1, 0.15) is 44.9 Å². The van der Waals surface area contributed by atoms with Crippen molar-refractivity contribution < 1.29 is 33.9 Å². The van der Waals surface area contributed by atoms with Crippen LogP contribution in [0.15, 0.2) is 9.98 Å². The zero-order valence-electron chi connectivity index (χ0n) is 22.0. The minimum atomic E-state index is -1.53. The summed E-state index contributed by atoms with van der Waals surface area (Å²) in [5.41, 5.74) is 37.1. The first-order valence-corrected chi connectivity index (χ1v) is 12.2. The number of aliphatic carboxylic acids is 1. The van der Waals surface area contributed by atoms with E-state index in [4.69, 9.17) is 40.1 Å². The summed E-state index contributed by atoms with van der Waals surface area (Å²) in [6.45, 7) is 0.311. The fourth-order valence-corrected chi connectivity index (χ4v) is 3.20. The number of guanidine groups is 2. The largest absolute Gasteiger partial charge is 0.480 e. The number of carboxylic acids is 1. The van der Waals surface area contributed by atoms with Gasteiger partial charge in [0, 0.05) is 19.5 Å². The Morgan fingerprint density at radius 3 is 1.57 bits per heavy atom. The van der Waals surface area contributed by atoms with Gasteiger partial charge < -0.3 is 61.2 Å². The number of carbonyl (C=O) groups excluding carboxylic acids is 5. The van der Waals surface area contributed by atoms with Crippen LogP contribution in [-0.4, -0.2) is 89.8 Å². The fraction of sp³-hybridized carbons (Fsp3) is 0.619. The normalized spacial score (nSPS) is 13.4. The second kappa shape index (κ2) is 18.6. The SMILES string of the molecule is NC(=O)CCC(NC(=O)C(CC(N)=O)NC(=O)C(N)CCCN=C(N)N)C(=O)NC(CCCN=C(N)N)C(=O)O. The number of hydrogen-bond acceptors (Lipinski definition) is 9. The topological polar surface area (TPSA) is 366 Å². The highest BCUT2D eigenvalue weighted by molar-refractivity contribution is 5.96. The number of primary amides is 2. The average Bonchev–Trinajstić information content (AvgIpc) is 2.84. The van der Waals surface area contributed by atoms with Crippen molar-refractivity contribution in [1.29, 1.82) is 0 Å². The maximum absolute atomic E-state index is 13.0. The zero-order chi connectivity index (χ0) is 30.8. The number of rotatable bonds is 20. The minimum Gasteiger partial charge on any atom is -0.480 e. The Bertz CT molecular complexity index is 964. The summed E-state index contributed by atoms with van der Waals surface area (Å²) in [7, 11) is 0. The summed E-state index contributed by atoms with van der Waals surface area (Å²) >= 11 is 0. The summed E-state index contributed by atoms with van der Waals surface area (Å²) in [5.74, 6) is -6.20. The van der Waals surface area contributed by atoms with Gasteiger partial charge in [-0.05, 0) is 32.1 Å². The summed E-state index contributed by atoms with van der Waals surface area (Å²) in [4.78, 5) is 80.3. The maximum Gasteiger partial charge on any atom is 0.326 e. The number of hydrogen-bond donors (Lipinski definition) is 11. The van der Waals surface area contributed by atoms with Gasteiger partial charge in [-0.25, -0.2) is 4.79 Å². The molecule has 0 aromatic rings. The fourth-order valence-electron chi connectivity index (χ4n) is 3.20. The number of aliphatic imine (C=N–C) groups is 2. The lowest BCUT2D eigenvalue weighted by Crippen LogP contribution is -2.57. The molecule has 0 bridgehead atoms. The van der Waals surface area contributed by atoms with Crippen LogP contribution in [-0.2, 0) is 28.8 Å². The predicted octanol–water partition coefficient (Wildman–Crippen LogP) is -5.90. The number of carboxylic acid groups (broad SMARTS) is 1. The van der Waals surface area contributed by atoms with Crippen molar-refractivity contribution in [2.45, 2.75) is 69.1 Å². The molecule has 0 aliphatic heterocycles. The molecular formula is C21H40N12O7. The molecule has 5 amide bonds. The highest BCUT2D eigenvalue weighted by atomic mass is 16.4. The van der Waals surface area contributed by atoms with E-state index in [9.17, 15) is 33.9 Å². The summed E-state index contributed by atoms with van der Waals surface area (Å²) in [6, 6.07) is -5.47. The molecule has 19 heteroatoms. The number of carbonyl (C=O) groups is 6. The molecule has 0 fully saturated rings. The van der Waals surface area contributed by atoms with Crippen molar-refractivity contribution in [1.82, 2.24) is 16.0 Å². The Balaban J connectivity index is 5.51. The van der Waals surface area contributed by atoms with Crippen molar-refractivity contribution in [3.8, 4) is 0 Å². The molecule has 0 radical (unpaired) electrons. The highest BCUT2D eigenvalue weighted by Gasteiger charge is 2.31. The highest BCUT2D eigenvalue weighted by Crippen LogP contribution is 2.05. The number of nitrogens with one attached hydrogen (secondary N) is 3. The van der Waals surface area contributed by atoms with Crippen LogP contribution in [0.4, 0.5) is 0 Å². The Morgan fingerprint density at radius 2 is 1.10 bits per heavy atom. The molecule has 0 saturated carbocycles. The van der Waals surface area contributed by atoms with Gasteiger partial charge in [0.25, 0.3) is 0 Å². The van der Waals surface area contributed by atoms with E-state index < -0.39 is 66.1 Å². The maximum atomic E-state index is 13.0. The quantitative estimate of drug-likeness (QED) is 0.0369. The lowest BCUT2D eigenvalue weighted by molar-refractivity contribution is -0.142. The van der Waals surface area contributed by atoms with Crippen molar-refractivity contribution in [2.24, 2.45) is 50.1 Å². The second-order valence-electron chi connectivity index (χ2n) is 8.70. The molecule has 40 heavy (non-hydrogen) atoms. The molecule has 19 nitrogen and oxygen atoms in total. The molecule has 0 aromatic carbocycles. The summed E-state index contributed by atoms with van der Waals surface area (Å²) in [5, 5.41) is 16.3. The molecule has 18 N–H and O–H groups in total. The molecule has 4 atom stereocenters. The molecule has 0 saturated heterocycles. The van der Waals surface area contributed by atoms with Crippen molar-refractivity contribution >= 4 is 47.4 Å². The van der Waals surface area contributed by atoms with Crippen LogP contribution in [0.2, 0.25) is 0 Å². The van der Waals surface area contributed by atoms with Crippen LogP contribution in [0.3, 0.4) is 0 Å². The Labute approximate surface area is 230 Å². The Hall–Kier alpha value is -4.68. The molecule has 0 rings (SSSR count). The smallest absolute Gasteiger partial charge is 0.326 e. The van der Waals surface area contributed by atoms with E-state index in [1.165, 1.54) is 0 Å². The van der Waals surface area contributed by atoms with Crippen molar-refractivity contribution in [2.75, 3.05) is 13.1 Å². The zero-order valence-corrected chi connectivity index (χ0v) is 22.0. The molecule has 4 unspecified atom stereocenters. The van der Waals surface area contributed by atoms with E-state index in [1.54, 1.807) is 0 Å². The van der Waals surface area contributed by atoms with E-state index in [1.807, 2.05) is 0 Å². The number of amides is 5. The lowest BCUT2D eigenvalue weighted by Gasteiger charge is -2.24. The average molecular weight is 573 g/mol. The first-order valence-electron chi connectivity index (χ1n) is 12.2. The predicted molar refractivity (Wildman–Crippen MR) is 143 cm³/mol. The van der Waals surface area contributed by atoms with E-state index in [0.29, 0.717) is 6.42 Å². The van der Waals surface area contributed by atoms with Crippen LogP contribution in [0, 0.1) is 0 Å². The van der Waals surface area contributed by atoms with Gasteiger partial charge >= 0.3 is 5.97 Å². The van der Waals surface area contributed by atoms with E-state index in [-0.39, 0.29) is 57.1 Å². The van der Waals surface area contributed by atoms with Gasteiger partial charge in [0.2, 0.25) is 29.5 Å². The number of nitrogens with two attached hydrogens (primary N) is 7. The van der Waals surface area contributed by atoms with Crippen molar-refractivity contribution in [3.63, 3.8) is 0 Å². The first kappa shape index (κ1) is 35.3. The van der Waals surface area contributed by atoms with Crippen molar-refractivity contribution in [3.05, 3.63) is 0 Å². The van der Waals surface area contributed by atoms with Gasteiger partial charge in [-0.3, -0.25) is 34.0 Å². The minimum absolute atomic E-state index is 0.0598. The summed E-state index contributed by atoms with van der Waals surface area (Å²) in [6.07, 6.45) is -0.696. The monoisotopic (exact) mass is 572 g/mol. The third-order valence-electron chi connectivity index (χ3n) is 5.21. The first-order chi connectivity index (χ1) is 18.6. The molecule has 0 spiro atoms. The van der Waals surface area contributed by atoms with Gasteiger partial charge in [-0.1, -0.05) is 0 Å². The van der Waals surface area contributed by atoms with Crippen LogP contribution >= 0.6 is 0 Å². The molecule has 0 aliphatic carbocycles. The molecule has 226 valence electrons. The second-order valence-corrected chi connectivity index (χ2v) is 8.70. The van der Waals surface area contributed by atoms with Gasteiger partial charge in [0.05, 0.1) is 12.5 Å². The van der Waals surface area contributed by atoms with Crippen LogP contribution in [0.5, 0.6) is 0 Å².